The molecule has 122 valence electrons. The lowest BCUT2D eigenvalue weighted by atomic mass is 9.76. The number of hydrogen-bond donors (Lipinski definition) is 1. The van der Waals surface area contributed by atoms with Crippen molar-refractivity contribution < 1.29 is 13.6 Å². The van der Waals surface area contributed by atoms with Gasteiger partial charge in [0, 0.05) is 29.5 Å². The highest BCUT2D eigenvalue weighted by Gasteiger charge is 2.45. The van der Waals surface area contributed by atoms with Crippen LogP contribution in [0.2, 0.25) is 0 Å². The van der Waals surface area contributed by atoms with Crippen molar-refractivity contribution in [2.24, 2.45) is 11.7 Å². The highest BCUT2D eigenvalue weighted by molar-refractivity contribution is 5.94. The molecule has 2 aromatic carbocycles. The molecule has 3 rings (SSSR count). The Morgan fingerprint density at radius 3 is 2.38 bits per heavy atom. The SMILES string of the molecule is NC(=O)c1ccc(C#Cc2ccccc2)cc1CC1CC(F)(F)C1. The molecule has 0 radical (unpaired) electrons. The fraction of sp³-hybridized carbons (Fsp3) is 0.250. The van der Waals surface area contributed by atoms with Crippen molar-refractivity contribution in [1.29, 1.82) is 0 Å². The Morgan fingerprint density at radius 2 is 1.75 bits per heavy atom. The van der Waals surface area contributed by atoms with E-state index in [4.69, 9.17) is 5.73 Å². The quantitative estimate of drug-likeness (QED) is 0.858. The minimum atomic E-state index is -2.57. The van der Waals surface area contributed by atoms with Gasteiger partial charge in [-0.05, 0) is 48.2 Å². The Balaban J connectivity index is 1.83. The summed E-state index contributed by atoms with van der Waals surface area (Å²) < 4.78 is 26.0. The molecule has 0 aromatic heterocycles. The van der Waals surface area contributed by atoms with Crippen LogP contribution < -0.4 is 5.73 Å². The Morgan fingerprint density at radius 1 is 1.08 bits per heavy atom. The van der Waals surface area contributed by atoms with Gasteiger partial charge in [-0.15, -0.1) is 0 Å². The predicted octanol–water partition coefficient (Wildman–Crippen LogP) is 3.77. The van der Waals surface area contributed by atoms with Crippen molar-refractivity contribution in [3.63, 3.8) is 0 Å². The molecular weight excluding hydrogens is 308 g/mol. The minimum Gasteiger partial charge on any atom is -0.366 e. The molecule has 0 atom stereocenters. The number of carbonyl (C=O) groups is 1. The molecule has 1 fully saturated rings. The van der Waals surface area contributed by atoms with Gasteiger partial charge in [-0.1, -0.05) is 30.0 Å². The first-order valence-electron chi connectivity index (χ1n) is 7.80. The standard InChI is InChI=1S/C20H17F2NO/c21-20(22)12-16(13-20)11-17-10-15(8-9-18(17)19(23)24)7-6-14-4-2-1-3-5-14/h1-5,8-10,16H,11-13H2,(H2,23,24). The van der Waals surface area contributed by atoms with Crippen LogP contribution in [-0.2, 0) is 6.42 Å². The maximum Gasteiger partial charge on any atom is 0.248 e. The molecule has 24 heavy (non-hydrogen) atoms. The number of primary amides is 1. The van der Waals surface area contributed by atoms with Crippen LogP contribution in [0.15, 0.2) is 48.5 Å². The van der Waals surface area contributed by atoms with E-state index < -0.39 is 11.8 Å². The van der Waals surface area contributed by atoms with Gasteiger partial charge >= 0.3 is 0 Å². The summed E-state index contributed by atoms with van der Waals surface area (Å²) >= 11 is 0. The predicted molar refractivity (Wildman–Crippen MR) is 88.8 cm³/mol. The molecular formula is C20H17F2NO. The van der Waals surface area contributed by atoms with Gasteiger partial charge in [-0.3, -0.25) is 4.79 Å². The van der Waals surface area contributed by atoms with E-state index in [0.717, 1.165) is 11.1 Å². The fourth-order valence-electron chi connectivity index (χ4n) is 2.99. The van der Waals surface area contributed by atoms with E-state index in [1.807, 2.05) is 30.3 Å². The maximum atomic E-state index is 13.0. The van der Waals surface area contributed by atoms with Gasteiger partial charge in [0.25, 0.3) is 0 Å². The third-order valence-electron chi connectivity index (χ3n) is 4.18. The lowest BCUT2D eigenvalue weighted by molar-refractivity contribution is -0.109. The molecule has 4 heteroatoms. The first-order valence-corrected chi connectivity index (χ1v) is 7.80. The summed E-state index contributed by atoms with van der Waals surface area (Å²) in [5.74, 6) is 2.86. The number of amides is 1. The summed E-state index contributed by atoms with van der Waals surface area (Å²) in [5.41, 5.74) is 8.10. The highest BCUT2D eigenvalue weighted by atomic mass is 19.3. The van der Waals surface area contributed by atoms with Gasteiger partial charge in [-0.25, -0.2) is 8.78 Å². The number of rotatable bonds is 3. The Kier molecular flexibility index (Phi) is 4.35. The van der Waals surface area contributed by atoms with Gasteiger partial charge in [0.2, 0.25) is 11.8 Å². The van der Waals surface area contributed by atoms with Gasteiger partial charge in [0.1, 0.15) is 0 Å². The average Bonchev–Trinajstić information content (AvgIpc) is 2.52. The van der Waals surface area contributed by atoms with Crippen LogP contribution in [0.1, 0.15) is 39.9 Å². The molecule has 0 aliphatic heterocycles. The van der Waals surface area contributed by atoms with E-state index in [0.29, 0.717) is 17.5 Å². The molecule has 0 bridgehead atoms. The summed E-state index contributed by atoms with van der Waals surface area (Å²) in [6, 6.07) is 14.7. The van der Waals surface area contributed by atoms with E-state index in [1.165, 1.54) is 0 Å². The van der Waals surface area contributed by atoms with Crippen LogP contribution in [0, 0.1) is 17.8 Å². The van der Waals surface area contributed by atoms with Crippen LogP contribution in [0.5, 0.6) is 0 Å². The Bertz CT molecular complexity index is 811. The largest absolute Gasteiger partial charge is 0.366 e. The van der Waals surface area contributed by atoms with E-state index in [1.54, 1.807) is 18.2 Å². The van der Waals surface area contributed by atoms with Gasteiger partial charge in [-0.2, -0.15) is 0 Å². The number of hydrogen-bond acceptors (Lipinski definition) is 1. The zero-order valence-electron chi connectivity index (χ0n) is 13.1. The highest BCUT2D eigenvalue weighted by Crippen LogP contribution is 2.44. The topological polar surface area (TPSA) is 43.1 Å². The van der Waals surface area contributed by atoms with Gasteiger partial charge in [0.05, 0.1) is 0 Å². The van der Waals surface area contributed by atoms with Gasteiger partial charge < -0.3 is 5.73 Å². The molecule has 2 nitrogen and oxygen atoms in total. The molecule has 0 heterocycles. The second-order valence-electron chi connectivity index (χ2n) is 6.19. The van der Waals surface area contributed by atoms with Gasteiger partial charge in [0.15, 0.2) is 0 Å². The average molecular weight is 325 g/mol. The third kappa shape index (κ3) is 3.80. The zero-order valence-corrected chi connectivity index (χ0v) is 13.1. The van der Waals surface area contributed by atoms with Crippen molar-refractivity contribution in [1.82, 2.24) is 0 Å². The maximum absolute atomic E-state index is 13.0. The number of carbonyl (C=O) groups excluding carboxylic acids is 1. The van der Waals surface area contributed by atoms with Crippen molar-refractivity contribution >= 4 is 5.91 Å². The van der Waals surface area contributed by atoms with E-state index in [2.05, 4.69) is 11.8 Å². The number of benzene rings is 2. The fourth-order valence-corrected chi connectivity index (χ4v) is 2.99. The molecule has 0 saturated heterocycles. The lowest BCUT2D eigenvalue weighted by Gasteiger charge is -2.35. The van der Waals surface area contributed by atoms with E-state index in [-0.39, 0.29) is 18.8 Å². The van der Waals surface area contributed by atoms with Crippen molar-refractivity contribution in [2.45, 2.75) is 25.2 Å². The summed E-state index contributed by atoms with van der Waals surface area (Å²) in [5, 5.41) is 0. The zero-order chi connectivity index (χ0) is 17.2. The van der Waals surface area contributed by atoms with Crippen LogP contribution >= 0.6 is 0 Å². The summed E-state index contributed by atoms with van der Waals surface area (Å²) in [6.07, 6.45) is 0.158. The monoisotopic (exact) mass is 325 g/mol. The lowest BCUT2D eigenvalue weighted by Crippen LogP contribution is -2.36. The summed E-state index contributed by atoms with van der Waals surface area (Å²) in [7, 11) is 0. The molecule has 1 saturated carbocycles. The first kappa shape index (κ1) is 16.2. The first-order chi connectivity index (χ1) is 11.4. The molecule has 1 aliphatic carbocycles. The van der Waals surface area contributed by atoms with Crippen molar-refractivity contribution in [3.8, 4) is 11.8 Å². The third-order valence-corrected chi connectivity index (χ3v) is 4.18. The van der Waals surface area contributed by atoms with E-state index >= 15 is 0 Å². The van der Waals surface area contributed by atoms with Crippen LogP contribution in [0.25, 0.3) is 0 Å². The second kappa shape index (κ2) is 6.45. The van der Waals surface area contributed by atoms with Crippen molar-refractivity contribution in [3.05, 3.63) is 70.8 Å². The Hall–Kier alpha value is -2.67. The summed E-state index contributed by atoms with van der Waals surface area (Å²) in [4.78, 5) is 11.6. The molecule has 2 N–H and O–H groups in total. The minimum absolute atomic E-state index is 0.115. The second-order valence-corrected chi connectivity index (χ2v) is 6.19. The Labute approximate surface area is 139 Å². The molecule has 0 spiro atoms. The van der Waals surface area contributed by atoms with E-state index in [9.17, 15) is 13.6 Å². The molecule has 1 amide bonds. The van der Waals surface area contributed by atoms with Crippen LogP contribution in [-0.4, -0.2) is 11.8 Å². The number of alkyl halides is 2. The molecule has 0 unspecified atom stereocenters. The molecule has 1 aliphatic rings. The van der Waals surface area contributed by atoms with Crippen LogP contribution in [0.4, 0.5) is 8.78 Å². The number of nitrogens with two attached hydrogens (primary N) is 1. The normalized spacial score (nSPS) is 15.9. The van der Waals surface area contributed by atoms with Crippen molar-refractivity contribution in [2.75, 3.05) is 0 Å². The molecule has 2 aromatic rings. The van der Waals surface area contributed by atoms with Crippen LogP contribution in [0.3, 0.4) is 0 Å². The smallest absolute Gasteiger partial charge is 0.248 e. The number of halogens is 2. The summed E-state index contributed by atoms with van der Waals surface area (Å²) in [6.45, 7) is 0.